The topological polar surface area (TPSA) is 75.4 Å². The van der Waals surface area contributed by atoms with Gasteiger partial charge in [0, 0.05) is 5.69 Å². The highest BCUT2D eigenvalue weighted by molar-refractivity contribution is 5.99. The van der Waals surface area contributed by atoms with E-state index in [-0.39, 0.29) is 11.7 Å². The van der Waals surface area contributed by atoms with Crippen molar-refractivity contribution in [3.05, 3.63) is 53.6 Å². The van der Waals surface area contributed by atoms with Crippen LogP contribution in [0.1, 0.15) is 45.2 Å². The number of para-hydroxylation sites is 2. The lowest BCUT2D eigenvalue weighted by atomic mass is 10.1. The number of hydrogen-bond acceptors (Lipinski definition) is 3. The number of rotatable bonds is 0. The number of anilines is 2. The molecule has 1 amide bonds. The first-order chi connectivity index (χ1) is 11.5. The molecule has 0 saturated heterocycles. The zero-order valence-electron chi connectivity index (χ0n) is 15.4. The van der Waals surface area contributed by atoms with Crippen molar-refractivity contribution in [2.24, 2.45) is 0 Å². The number of amides is 1. The van der Waals surface area contributed by atoms with E-state index in [1.807, 2.05) is 39.0 Å². The maximum atomic E-state index is 10.9. The van der Waals surface area contributed by atoms with Crippen LogP contribution in [-0.4, -0.2) is 11.0 Å². The summed E-state index contributed by atoms with van der Waals surface area (Å²) in [6.45, 7) is 10.3. The van der Waals surface area contributed by atoms with Gasteiger partial charge < -0.3 is 16.2 Å². The highest BCUT2D eigenvalue weighted by atomic mass is 16.3. The van der Waals surface area contributed by atoms with Crippen molar-refractivity contribution in [1.29, 1.82) is 0 Å². The molecule has 24 heavy (non-hydrogen) atoms. The molecule has 132 valence electrons. The van der Waals surface area contributed by atoms with Gasteiger partial charge in [0.2, 0.25) is 5.91 Å². The average molecular weight is 330 g/mol. The molecule has 2 aromatic rings. The molecular formula is C20H30N2O2. The van der Waals surface area contributed by atoms with Gasteiger partial charge >= 0.3 is 0 Å². The third-order valence-electron chi connectivity index (χ3n) is 2.82. The summed E-state index contributed by atoms with van der Waals surface area (Å²) in [4.78, 5) is 10.9. The number of fused-ring (bicyclic) bond motifs is 1. The summed E-state index contributed by atoms with van der Waals surface area (Å²) in [6, 6.07) is 12.7. The van der Waals surface area contributed by atoms with Gasteiger partial charge in [-0.15, -0.1) is 0 Å². The van der Waals surface area contributed by atoms with Crippen molar-refractivity contribution >= 4 is 17.3 Å². The van der Waals surface area contributed by atoms with E-state index in [2.05, 4.69) is 19.2 Å². The molecule has 4 nitrogen and oxygen atoms in total. The van der Waals surface area contributed by atoms with E-state index in [1.165, 1.54) is 12.0 Å². The SMILES string of the molecule is CC.CCC.Cc1ccc2c(c1)CC(=O)N2.Nc1ccccc1O. The number of nitrogens with two attached hydrogens (primary N) is 1. The molecule has 1 aliphatic rings. The summed E-state index contributed by atoms with van der Waals surface area (Å²) >= 11 is 0. The number of nitrogens with one attached hydrogen (secondary N) is 1. The molecule has 0 bridgehead atoms. The van der Waals surface area contributed by atoms with Crippen molar-refractivity contribution in [1.82, 2.24) is 0 Å². The molecule has 0 unspecified atom stereocenters. The molecular weight excluding hydrogens is 300 g/mol. The van der Waals surface area contributed by atoms with Crippen molar-refractivity contribution in [2.45, 2.75) is 47.5 Å². The van der Waals surface area contributed by atoms with Crippen LogP contribution in [0.4, 0.5) is 11.4 Å². The van der Waals surface area contributed by atoms with Crippen LogP contribution in [-0.2, 0) is 11.2 Å². The fourth-order valence-corrected chi connectivity index (χ4v) is 1.85. The van der Waals surface area contributed by atoms with Crippen molar-refractivity contribution in [2.75, 3.05) is 11.1 Å². The quantitative estimate of drug-likeness (QED) is 0.475. The summed E-state index contributed by atoms with van der Waals surface area (Å²) < 4.78 is 0. The highest BCUT2D eigenvalue weighted by Gasteiger charge is 2.16. The number of hydrogen-bond donors (Lipinski definition) is 3. The van der Waals surface area contributed by atoms with E-state index in [9.17, 15) is 4.79 Å². The Balaban J connectivity index is 0.000000360. The molecule has 4 heteroatoms. The Morgan fingerprint density at radius 2 is 1.71 bits per heavy atom. The predicted molar refractivity (Wildman–Crippen MR) is 103 cm³/mol. The van der Waals surface area contributed by atoms with E-state index in [1.54, 1.807) is 24.3 Å². The van der Waals surface area contributed by atoms with Crippen LogP contribution in [0.3, 0.4) is 0 Å². The van der Waals surface area contributed by atoms with Crippen LogP contribution < -0.4 is 11.1 Å². The van der Waals surface area contributed by atoms with Crippen LogP contribution in [0, 0.1) is 6.92 Å². The minimum atomic E-state index is 0.102. The third-order valence-corrected chi connectivity index (χ3v) is 2.82. The minimum absolute atomic E-state index is 0.102. The summed E-state index contributed by atoms with van der Waals surface area (Å²) in [5.41, 5.74) is 9.00. The molecule has 0 aliphatic carbocycles. The lowest BCUT2D eigenvalue weighted by Gasteiger charge is -1.97. The number of phenols is 1. The number of phenolic OH excluding ortho intramolecular Hbond substituents is 1. The van der Waals surface area contributed by atoms with Crippen LogP contribution in [0.25, 0.3) is 0 Å². The summed E-state index contributed by atoms with van der Waals surface area (Å²) in [5, 5.41) is 11.6. The number of aromatic hydroxyl groups is 1. The number of benzene rings is 2. The van der Waals surface area contributed by atoms with E-state index in [4.69, 9.17) is 10.8 Å². The Morgan fingerprint density at radius 3 is 2.21 bits per heavy atom. The van der Waals surface area contributed by atoms with Crippen LogP contribution in [0.2, 0.25) is 0 Å². The molecule has 2 aromatic carbocycles. The Bertz CT molecular complexity index is 604. The fourth-order valence-electron chi connectivity index (χ4n) is 1.85. The normalized spacial score (nSPS) is 10.6. The Labute approximate surface area is 145 Å². The Kier molecular flexibility index (Phi) is 10.8. The first-order valence-corrected chi connectivity index (χ1v) is 8.40. The van der Waals surface area contributed by atoms with E-state index in [0.717, 1.165) is 11.3 Å². The number of aryl methyl sites for hydroxylation is 1. The predicted octanol–water partition coefficient (Wildman–Crippen LogP) is 4.91. The van der Waals surface area contributed by atoms with Crippen LogP contribution in [0.5, 0.6) is 5.75 Å². The molecule has 0 spiro atoms. The largest absolute Gasteiger partial charge is 0.506 e. The Hall–Kier alpha value is -2.49. The summed E-state index contributed by atoms with van der Waals surface area (Å²) in [7, 11) is 0. The van der Waals surface area contributed by atoms with E-state index in [0.29, 0.717) is 12.1 Å². The first kappa shape index (κ1) is 21.5. The van der Waals surface area contributed by atoms with Crippen molar-refractivity contribution < 1.29 is 9.90 Å². The van der Waals surface area contributed by atoms with Gasteiger partial charge in [0.25, 0.3) is 0 Å². The average Bonchev–Trinajstić information content (AvgIpc) is 2.93. The summed E-state index contributed by atoms with van der Waals surface area (Å²) in [6.07, 6.45) is 1.79. The third kappa shape index (κ3) is 7.68. The molecule has 0 atom stereocenters. The van der Waals surface area contributed by atoms with Gasteiger partial charge in [-0.1, -0.05) is 63.9 Å². The number of carbonyl (C=O) groups is 1. The zero-order chi connectivity index (χ0) is 18.5. The molecule has 4 N–H and O–H groups in total. The van der Waals surface area contributed by atoms with Gasteiger partial charge in [0.15, 0.2) is 0 Å². The summed E-state index contributed by atoms with van der Waals surface area (Å²) in [5.74, 6) is 0.248. The standard InChI is InChI=1S/C9H9NO.C6H7NO.C3H8.C2H6/c1-6-2-3-8-7(4-6)5-9(11)10-8;7-5-3-1-2-4-6(5)8;1-3-2;1-2/h2-4H,5H2,1H3,(H,10,11);1-4,8H,7H2;3H2,1-2H3;1-2H3. The highest BCUT2D eigenvalue weighted by Crippen LogP contribution is 2.23. The molecule has 0 fully saturated rings. The molecule has 1 aliphatic heterocycles. The Morgan fingerprint density at radius 1 is 1.12 bits per heavy atom. The van der Waals surface area contributed by atoms with Crippen molar-refractivity contribution in [3.63, 3.8) is 0 Å². The van der Waals surface area contributed by atoms with Gasteiger partial charge in [-0.3, -0.25) is 4.79 Å². The zero-order valence-corrected chi connectivity index (χ0v) is 15.4. The van der Waals surface area contributed by atoms with E-state index < -0.39 is 0 Å². The lowest BCUT2D eigenvalue weighted by Crippen LogP contribution is -2.03. The second kappa shape index (κ2) is 12.0. The minimum Gasteiger partial charge on any atom is -0.506 e. The maximum absolute atomic E-state index is 10.9. The lowest BCUT2D eigenvalue weighted by molar-refractivity contribution is -0.115. The van der Waals surface area contributed by atoms with E-state index >= 15 is 0 Å². The van der Waals surface area contributed by atoms with Gasteiger partial charge in [-0.25, -0.2) is 0 Å². The molecule has 0 aromatic heterocycles. The van der Waals surface area contributed by atoms with Crippen molar-refractivity contribution in [3.8, 4) is 5.75 Å². The molecule has 0 radical (unpaired) electrons. The smallest absolute Gasteiger partial charge is 0.228 e. The molecule has 1 heterocycles. The maximum Gasteiger partial charge on any atom is 0.228 e. The molecule has 3 rings (SSSR count). The number of carbonyl (C=O) groups excluding carboxylic acids is 1. The van der Waals surface area contributed by atoms with Gasteiger partial charge in [-0.05, 0) is 30.7 Å². The van der Waals surface area contributed by atoms with Gasteiger partial charge in [0.1, 0.15) is 5.75 Å². The monoisotopic (exact) mass is 330 g/mol. The van der Waals surface area contributed by atoms with Crippen LogP contribution in [0.15, 0.2) is 42.5 Å². The number of nitrogen functional groups attached to an aromatic ring is 1. The second-order valence-corrected chi connectivity index (χ2v) is 5.15. The van der Waals surface area contributed by atoms with Crippen LogP contribution >= 0.6 is 0 Å². The first-order valence-electron chi connectivity index (χ1n) is 8.40. The molecule has 0 saturated carbocycles. The fraction of sp³-hybridized carbons (Fsp3) is 0.350. The second-order valence-electron chi connectivity index (χ2n) is 5.15. The van der Waals surface area contributed by atoms with Gasteiger partial charge in [0.05, 0.1) is 12.1 Å². The van der Waals surface area contributed by atoms with Gasteiger partial charge in [-0.2, -0.15) is 0 Å².